The van der Waals surface area contributed by atoms with Crippen LogP contribution in [0.1, 0.15) is 15.9 Å². The molecule has 0 atom stereocenters. The second-order valence-electron chi connectivity index (χ2n) is 5.89. The van der Waals surface area contributed by atoms with Crippen LogP contribution in [0.15, 0.2) is 54.7 Å². The van der Waals surface area contributed by atoms with Crippen molar-refractivity contribution in [1.29, 1.82) is 0 Å². The largest absolute Gasteiger partial charge is 0.497 e. The molecular formula is C20H18F2N4O2. The molecule has 0 fully saturated rings. The maximum absolute atomic E-state index is 13.8. The Bertz CT molecular complexity index is 974. The molecule has 6 nitrogen and oxygen atoms in total. The average Bonchev–Trinajstić information content (AvgIpc) is 2.68. The van der Waals surface area contributed by atoms with Gasteiger partial charge in [-0.3, -0.25) is 4.79 Å². The van der Waals surface area contributed by atoms with E-state index in [9.17, 15) is 13.6 Å². The van der Waals surface area contributed by atoms with Crippen LogP contribution in [0.4, 0.5) is 26.0 Å². The molecule has 1 amide bonds. The van der Waals surface area contributed by atoms with Crippen LogP contribution in [-0.4, -0.2) is 18.0 Å². The quantitative estimate of drug-likeness (QED) is 0.576. The van der Waals surface area contributed by atoms with Crippen LogP contribution < -0.4 is 21.1 Å². The molecule has 0 saturated carbocycles. The molecule has 144 valence electrons. The van der Waals surface area contributed by atoms with Gasteiger partial charge in [0.15, 0.2) is 0 Å². The van der Waals surface area contributed by atoms with Gasteiger partial charge in [0.1, 0.15) is 23.2 Å². The number of methoxy groups -OCH3 is 1. The first-order valence-corrected chi connectivity index (χ1v) is 8.35. The predicted molar refractivity (Wildman–Crippen MR) is 103 cm³/mol. The highest BCUT2D eigenvalue weighted by atomic mass is 19.1. The minimum absolute atomic E-state index is 0.108. The van der Waals surface area contributed by atoms with Crippen LogP contribution >= 0.6 is 0 Å². The number of carbonyl (C=O) groups excluding carboxylic acids is 1. The van der Waals surface area contributed by atoms with E-state index < -0.39 is 17.5 Å². The minimum Gasteiger partial charge on any atom is -0.497 e. The van der Waals surface area contributed by atoms with Gasteiger partial charge < -0.3 is 21.1 Å². The zero-order chi connectivity index (χ0) is 20.1. The zero-order valence-corrected chi connectivity index (χ0v) is 15.0. The number of aromatic nitrogens is 1. The fourth-order valence-corrected chi connectivity index (χ4v) is 2.57. The number of anilines is 3. The van der Waals surface area contributed by atoms with Gasteiger partial charge in [-0.25, -0.2) is 13.8 Å². The fraction of sp³-hybridized carbons (Fsp3) is 0.100. The Morgan fingerprint density at radius 2 is 1.82 bits per heavy atom. The molecule has 0 saturated heterocycles. The Morgan fingerprint density at radius 1 is 1.14 bits per heavy atom. The van der Waals surface area contributed by atoms with Crippen LogP contribution in [0.5, 0.6) is 5.75 Å². The lowest BCUT2D eigenvalue weighted by Crippen LogP contribution is -2.16. The van der Waals surface area contributed by atoms with E-state index in [0.717, 1.165) is 17.8 Å². The standard InChI is InChI=1S/C20H18F2N4O2/c1-28-13-7-5-12(6-8-13)26-19-9-18(15(11-25-19)20(23)27)24-10-14-16(21)3-2-4-17(14)22/h2-9,11H,10H2,1H3,(H2,23,27)(H2,24,25,26). The third-order valence-electron chi connectivity index (χ3n) is 4.05. The van der Waals surface area contributed by atoms with Gasteiger partial charge in [0.05, 0.1) is 18.4 Å². The van der Waals surface area contributed by atoms with Gasteiger partial charge in [-0.1, -0.05) is 6.07 Å². The number of hydrogen-bond acceptors (Lipinski definition) is 5. The summed E-state index contributed by atoms with van der Waals surface area (Å²) in [5, 5.41) is 5.93. The molecule has 0 spiro atoms. The van der Waals surface area contributed by atoms with E-state index in [4.69, 9.17) is 10.5 Å². The second-order valence-corrected chi connectivity index (χ2v) is 5.89. The molecular weight excluding hydrogens is 366 g/mol. The van der Waals surface area contributed by atoms with Gasteiger partial charge >= 0.3 is 0 Å². The molecule has 2 aromatic carbocycles. The third kappa shape index (κ3) is 4.35. The van der Waals surface area contributed by atoms with Gasteiger partial charge in [0.25, 0.3) is 5.91 Å². The highest BCUT2D eigenvalue weighted by Gasteiger charge is 2.13. The van der Waals surface area contributed by atoms with E-state index in [-0.39, 0.29) is 17.7 Å². The monoisotopic (exact) mass is 384 g/mol. The van der Waals surface area contributed by atoms with Crippen LogP contribution in [0, 0.1) is 11.6 Å². The van der Waals surface area contributed by atoms with E-state index >= 15 is 0 Å². The highest BCUT2D eigenvalue weighted by Crippen LogP contribution is 2.24. The molecule has 1 heterocycles. The maximum Gasteiger partial charge on any atom is 0.252 e. The second kappa shape index (κ2) is 8.34. The topological polar surface area (TPSA) is 89.3 Å². The Labute approximate surface area is 160 Å². The van der Waals surface area contributed by atoms with E-state index in [2.05, 4.69) is 15.6 Å². The number of nitrogens with one attached hydrogen (secondary N) is 2. The SMILES string of the molecule is COc1ccc(Nc2cc(NCc3c(F)cccc3F)c(C(N)=O)cn2)cc1. The Morgan fingerprint density at radius 3 is 2.43 bits per heavy atom. The molecule has 0 radical (unpaired) electrons. The normalized spacial score (nSPS) is 10.4. The van der Waals surface area contributed by atoms with Crippen molar-refractivity contribution in [3.8, 4) is 5.75 Å². The summed E-state index contributed by atoms with van der Waals surface area (Å²) in [6.45, 7) is -0.162. The highest BCUT2D eigenvalue weighted by molar-refractivity contribution is 5.98. The molecule has 3 rings (SSSR count). The summed E-state index contributed by atoms with van der Waals surface area (Å²) in [7, 11) is 1.57. The lowest BCUT2D eigenvalue weighted by atomic mass is 10.1. The van der Waals surface area contributed by atoms with E-state index in [1.165, 1.54) is 12.3 Å². The molecule has 0 aliphatic heterocycles. The van der Waals surface area contributed by atoms with Crippen molar-refractivity contribution in [3.05, 3.63) is 77.5 Å². The predicted octanol–water partition coefficient (Wildman–Crippen LogP) is 3.82. The van der Waals surface area contributed by atoms with Gasteiger partial charge in [0, 0.05) is 30.1 Å². The van der Waals surface area contributed by atoms with Crippen molar-refractivity contribution in [2.45, 2.75) is 6.54 Å². The van der Waals surface area contributed by atoms with Crippen molar-refractivity contribution in [2.75, 3.05) is 17.7 Å². The number of rotatable bonds is 7. The Kier molecular flexibility index (Phi) is 5.69. The summed E-state index contributed by atoms with van der Waals surface area (Å²) in [4.78, 5) is 15.8. The molecule has 0 bridgehead atoms. The molecule has 0 aliphatic carbocycles. The summed E-state index contributed by atoms with van der Waals surface area (Å²) in [6.07, 6.45) is 1.30. The number of halogens is 2. The van der Waals surface area contributed by atoms with Crippen LogP contribution in [0.25, 0.3) is 0 Å². The van der Waals surface area contributed by atoms with Crippen LogP contribution in [-0.2, 0) is 6.54 Å². The van der Waals surface area contributed by atoms with Crippen LogP contribution in [0.2, 0.25) is 0 Å². The molecule has 0 aliphatic rings. The minimum atomic E-state index is -0.708. The summed E-state index contributed by atoms with van der Waals surface area (Å²) >= 11 is 0. The van der Waals surface area contributed by atoms with Gasteiger partial charge in [-0.05, 0) is 36.4 Å². The number of carbonyl (C=O) groups is 1. The number of amides is 1. The van der Waals surface area contributed by atoms with Crippen molar-refractivity contribution in [1.82, 2.24) is 4.98 Å². The average molecular weight is 384 g/mol. The lowest BCUT2D eigenvalue weighted by molar-refractivity contribution is 0.100. The molecule has 4 N–H and O–H groups in total. The molecule has 0 unspecified atom stereocenters. The van der Waals surface area contributed by atoms with E-state index in [1.807, 2.05) is 0 Å². The molecule has 8 heteroatoms. The van der Waals surface area contributed by atoms with E-state index in [1.54, 1.807) is 37.4 Å². The van der Waals surface area contributed by atoms with Crippen molar-refractivity contribution in [3.63, 3.8) is 0 Å². The number of ether oxygens (including phenoxy) is 1. The molecule has 3 aromatic rings. The first-order valence-electron chi connectivity index (χ1n) is 8.35. The first-order chi connectivity index (χ1) is 13.5. The fourth-order valence-electron chi connectivity index (χ4n) is 2.57. The summed E-state index contributed by atoms with van der Waals surface area (Å²) < 4.78 is 32.8. The van der Waals surface area contributed by atoms with Crippen molar-refractivity contribution < 1.29 is 18.3 Å². The van der Waals surface area contributed by atoms with Gasteiger partial charge in [0.2, 0.25) is 0 Å². The summed E-state index contributed by atoms with van der Waals surface area (Å²) in [6, 6.07) is 12.3. The number of nitrogens with two attached hydrogens (primary N) is 1. The molecule has 28 heavy (non-hydrogen) atoms. The molecule has 1 aromatic heterocycles. The van der Waals surface area contributed by atoms with Gasteiger partial charge in [-0.2, -0.15) is 0 Å². The van der Waals surface area contributed by atoms with Gasteiger partial charge in [-0.15, -0.1) is 0 Å². The van der Waals surface area contributed by atoms with Crippen LogP contribution in [0.3, 0.4) is 0 Å². The van der Waals surface area contributed by atoms with E-state index in [0.29, 0.717) is 17.3 Å². The Hall–Kier alpha value is -3.68. The smallest absolute Gasteiger partial charge is 0.252 e. The maximum atomic E-state index is 13.8. The summed E-state index contributed by atoms with van der Waals surface area (Å²) in [5.41, 5.74) is 6.39. The lowest BCUT2D eigenvalue weighted by Gasteiger charge is -2.13. The van der Waals surface area contributed by atoms with Crippen molar-refractivity contribution >= 4 is 23.1 Å². The number of hydrogen-bond donors (Lipinski definition) is 3. The number of nitrogens with zero attached hydrogens (tertiary/aromatic N) is 1. The number of primary amides is 1. The number of pyridine rings is 1. The zero-order valence-electron chi connectivity index (χ0n) is 15.0. The summed E-state index contributed by atoms with van der Waals surface area (Å²) in [5.74, 6) is -0.943. The van der Waals surface area contributed by atoms with Crippen molar-refractivity contribution in [2.24, 2.45) is 5.73 Å². The Balaban J connectivity index is 1.83. The third-order valence-corrected chi connectivity index (χ3v) is 4.05. The number of benzene rings is 2. The first kappa shape index (κ1) is 19.1.